The summed E-state index contributed by atoms with van der Waals surface area (Å²) in [5.74, 6) is -1.08. The van der Waals surface area contributed by atoms with Crippen LogP contribution in [0.2, 0.25) is 0 Å². The van der Waals surface area contributed by atoms with Gasteiger partial charge < -0.3 is 50.9 Å². The van der Waals surface area contributed by atoms with E-state index in [9.17, 15) is 57.9 Å². The fourth-order valence-electron chi connectivity index (χ4n) is 4.32. The number of thioether (sulfide) groups is 1. The quantitative estimate of drug-likeness (QED) is 0.0433. The minimum atomic E-state index is -5.56. The van der Waals surface area contributed by atoms with Gasteiger partial charge in [-0.3, -0.25) is 32.5 Å². The molecule has 3 rings (SSSR count). The molecule has 0 aromatic carbocycles. The molecule has 1 saturated heterocycles. The smallest absolute Gasteiger partial charge is 0.386 e. The second-order valence-electron chi connectivity index (χ2n) is 11.4. The molecular formula is C23H38N7NaO17P3S. The Balaban J connectivity index is 0.00000936. The first-order chi connectivity index (χ1) is 23.5. The van der Waals surface area contributed by atoms with Gasteiger partial charge in [-0.15, -0.1) is 0 Å². The molecule has 29 heteroatoms. The number of nitrogens with one attached hydrogen (secondary N) is 2. The van der Waals surface area contributed by atoms with Crippen LogP contribution in [-0.4, -0.2) is 152 Å². The second-order valence-corrected chi connectivity index (χ2v) is 16.9. The number of imidazole rings is 1. The Morgan fingerprint density at radius 1 is 1.08 bits per heavy atom. The zero-order valence-corrected chi connectivity index (χ0v) is 33.6. The van der Waals surface area contributed by atoms with Crippen molar-refractivity contribution in [3.8, 4) is 0 Å². The van der Waals surface area contributed by atoms with Gasteiger partial charge in [-0.05, 0) is 0 Å². The van der Waals surface area contributed by atoms with Crippen molar-refractivity contribution in [3.05, 3.63) is 12.7 Å². The van der Waals surface area contributed by atoms with Gasteiger partial charge in [0.05, 0.1) is 19.5 Å². The number of aromatic nitrogens is 4. The number of carbonyl (C=O) groups is 3. The van der Waals surface area contributed by atoms with E-state index in [4.69, 9.17) is 19.5 Å². The number of phosphoric ester groups is 3. The van der Waals surface area contributed by atoms with Gasteiger partial charge in [0.2, 0.25) is 11.8 Å². The summed E-state index contributed by atoms with van der Waals surface area (Å²) in [7, 11) is -16.4. The molecule has 1 fully saturated rings. The number of anilines is 1. The third-order valence-electron chi connectivity index (χ3n) is 6.81. The van der Waals surface area contributed by atoms with Crippen molar-refractivity contribution in [2.24, 2.45) is 5.41 Å². The SMILES string of the molecule is CC(=O)SCCNC(=O)CCNC(=O)[C@H](O)C(C)(C)COP(=O)(O)OP(=O)(O)OC[C@H]1O[C@@H](n2cnc3c(N)ncnc32)[C@H](O)[C@@H]1OP(=O)(O)O.[Na]. The summed E-state index contributed by atoms with van der Waals surface area (Å²) in [5, 5.41) is 26.1. The molecule has 0 bridgehead atoms. The van der Waals surface area contributed by atoms with Gasteiger partial charge in [0, 0.05) is 67.2 Å². The monoisotopic (exact) mass is 832 g/mol. The largest absolute Gasteiger partial charge is 0.481 e. The summed E-state index contributed by atoms with van der Waals surface area (Å²) in [4.78, 5) is 85.9. The van der Waals surface area contributed by atoms with Crippen LogP contribution in [0.3, 0.4) is 0 Å². The van der Waals surface area contributed by atoms with Crippen molar-refractivity contribution in [3.63, 3.8) is 0 Å². The molecule has 10 N–H and O–H groups in total. The number of phosphoric acid groups is 3. The predicted molar refractivity (Wildman–Crippen MR) is 179 cm³/mol. The van der Waals surface area contributed by atoms with E-state index in [1.165, 1.54) is 20.8 Å². The van der Waals surface area contributed by atoms with E-state index in [2.05, 4.69) is 34.4 Å². The Kier molecular flexibility index (Phi) is 17.5. The van der Waals surface area contributed by atoms with Crippen LogP contribution < -0.4 is 16.4 Å². The van der Waals surface area contributed by atoms with Crippen molar-refractivity contribution >= 4 is 98.7 Å². The summed E-state index contributed by atoms with van der Waals surface area (Å²) in [5.41, 5.74) is 4.26. The first kappa shape index (κ1) is 46.7. The van der Waals surface area contributed by atoms with Gasteiger partial charge in [0.15, 0.2) is 22.8 Å². The second kappa shape index (κ2) is 19.4. The number of aliphatic hydroxyl groups excluding tert-OH is 2. The van der Waals surface area contributed by atoms with Crippen molar-refractivity contribution in [1.82, 2.24) is 30.2 Å². The number of nitrogens with zero attached hydrogens (tertiary/aromatic N) is 4. The van der Waals surface area contributed by atoms with E-state index in [0.717, 1.165) is 29.0 Å². The number of ether oxygens (including phenoxy) is 1. The molecule has 0 aliphatic carbocycles. The van der Waals surface area contributed by atoms with Crippen LogP contribution in [-0.2, 0) is 50.7 Å². The van der Waals surface area contributed by atoms with Crippen molar-refractivity contribution in [1.29, 1.82) is 0 Å². The minimum absolute atomic E-state index is 0. The topological polar surface area (TPSA) is 364 Å². The van der Waals surface area contributed by atoms with Gasteiger partial charge in [-0.1, -0.05) is 25.6 Å². The summed E-state index contributed by atoms with van der Waals surface area (Å²) in [6.45, 7) is 1.90. The van der Waals surface area contributed by atoms with Gasteiger partial charge in [0.1, 0.15) is 36.3 Å². The maximum atomic E-state index is 12.6. The van der Waals surface area contributed by atoms with Gasteiger partial charge in [-0.2, -0.15) is 4.31 Å². The predicted octanol–water partition coefficient (Wildman–Crippen LogP) is -1.70. The fraction of sp³-hybridized carbons (Fsp3) is 0.652. The molecule has 3 heterocycles. The molecule has 1 radical (unpaired) electrons. The molecular weight excluding hydrogens is 794 g/mol. The summed E-state index contributed by atoms with van der Waals surface area (Å²) in [6.07, 6.45) is -6.88. The number of hydrogen-bond acceptors (Lipinski definition) is 18. The van der Waals surface area contributed by atoms with E-state index in [-0.39, 0.29) is 71.2 Å². The first-order valence-corrected chi connectivity index (χ1v) is 20.0. The van der Waals surface area contributed by atoms with Crippen LogP contribution >= 0.6 is 35.2 Å². The Bertz CT molecular complexity index is 1720. The Morgan fingerprint density at radius 3 is 2.37 bits per heavy atom. The number of hydrogen-bond donors (Lipinski definition) is 9. The molecule has 2 aromatic heterocycles. The van der Waals surface area contributed by atoms with E-state index in [1.807, 2.05) is 0 Å². The van der Waals surface area contributed by atoms with Crippen LogP contribution in [0, 0.1) is 5.41 Å². The number of nitrogens with two attached hydrogens (primary N) is 1. The Morgan fingerprint density at radius 2 is 1.73 bits per heavy atom. The maximum Gasteiger partial charge on any atom is 0.481 e. The van der Waals surface area contributed by atoms with Crippen LogP contribution in [0.25, 0.3) is 11.2 Å². The zero-order valence-electron chi connectivity index (χ0n) is 28.1. The standard InChI is InChI=1S/C23H38N7O17P3S.Na/c1-12(31)51-7-6-25-14(32)4-5-26-21(35)18(34)23(2,3)9-44-50(41,42)47-49(39,40)43-8-13-17(46-48(36,37)38)16(33)22(45-13)30-11-29-15-19(24)27-10-28-20(15)30;/h10-11,13,16-18,22,33-34H,4-9H2,1-3H3,(H,25,32)(H,26,35)(H,39,40)(H,41,42)(H2,24,27,28)(H2,36,37,38);/t13-,16-,17-,18+,22-;/m1./s1. The van der Waals surface area contributed by atoms with E-state index in [0.29, 0.717) is 5.75 Å². The van der Waals surface area contributed by atoms with E-state index < -0.39 is 84.6 Å². The van der Waals surface area contributed by atoms with E-state index in [1.54, 1.807) is 0 Å². The third-order valence-corrected chi connectivity index (χ3v) is 10.7. The Hall–Kier alpha value is -1.44. The number of nitrogen functional groups attached to an aromatic ring is 1. The number of amides is 2. The van der Waals surface area contributed by atoms with Crippen LogP contribution in [0.1, 0.15) is 33.4 Å². The van der Waals surface area contributed by atoms with Crippen LogP contribution in [0.5, 0.6) is 0 Å². The zero-order chi connectivity index (χ0) is 38.4. The van der Waals surface area contributed by atoms with Crippen LogP contribution in [0.15, 0.2) is 12.7 Å². The van der Waals surface area contributed by atoms with Crippen molar-refractivity contribution in [2.45, 2.75) is 57.8 Å². The molecule has 0 saturated carbocycles. The fourth-order valence-corrected chi connectivity index (χ4v) is 7.65. The molecule has 0 spiro atoms. The maximum absolute atomic E-state index is 12.6. The molecule has 7 atom stereocenters. The average Bonchev–Trinajstić information content (AvgIpc) is 3.57. The molecule has 2 amide bonds. The molecule has 289 valence electrons. The summed E-state index contributed by atoms with van der Waals surface area (Å²) in [6, 6.07) is 0. The number of fused-ring (bicyclic) bond motifs is 1. The summed E-state index contributed by atoms with van der Waals surface area (Å²) < 4.78 is 61.8. The molecule has 1 aliphatic rings. The molecule has 24 nitrogen and oxygen atoms in total. The van der Waals surface area contributed by atoms with Gasteiger partial charge >= 0.3 is 23.5 Å². The van der Waals surface area contributed by atoms with Crippen molar-refractivity contribution in [2.75, 3.05) is 37.8 Å². The van der Waals surface area contributed by atoms with E-state index >= 15 is 0 Å². The normalized spacial score (nSPS) is 22.2. The minimum Gasteiger partial charge on any atom is -0.386 e. The molecule has 2 aromatic rings. The number of carbonyl (C=O) groups excluding carboxylic acids is 3. The number of rotatable bonds is 19. The van der Waals surface area contributed by atoms with Crippen molar-refractivity contribution < 1.29 is 80.5 Å². The average molecular weight is 833 g/mol. The Labute approximate surface area is 321 Å². The van der Waals surface area contributed by atoms with Gasteiger partial charge in [-0.25, -0.2) is 28.6 Å². The third kappa shape index (κ3) is 14.0. The summed E-state index contributed by atoms with van der Waals surface area (Å²) >= 11 is 1.03. The first-order valence-electron chi connectivity index (χ1n) is 14.5. The molecule has 2 unspecified atom stereocenters. The molecule has 52 heavy (non-hydrogen) atoms. The number of aliphatic hydroxyl groups is 2. The van der Waals surface area contributed by atoms with Crippen LogP contribution in [0.4, 0.5) is 5.82 Å². The van der Waals surface area contributed by atoms with Gasteiger partial charge in [0.25, 0.3) is 0 Å². The molecule has 1 aliphatic heterocycles.